The maximum absolute atomic E-state index is 11.3. The molecule has 15 nitrogen and oxygen atoms in total. The second kappa shape index (κ2) is 51.4. The van der Waals surface area contributed by atoms with E-state index in [1.807, 2.05) is 84.9 Å². The summed E-state index contributed by atoms with van der Waals surface area (Å²) in [4.78, 5) is 53.5. The molecule has 0 amide bonds. The summed E-state index contributed by atoms with van der Waals surface area (Å²) < 4.78 is 37.4. The van der Waals surface area contributed by atoms with Crippen molar-refractivity contribution >= 4 is 92.1 Å². The third kappa shape index (κ3) is 29.7. The van der Waals surface area contributed by atoms with E-state index in [-0.39, 0.29) is 5.97 Å². The van der Waals surface area contributed by atoms with E-state index < -0.39 is 17.9 Å². The number of nitrogens with zero attached hydrogens (tertiary/aromatic N) is 4. The van der Waals surface area contributed by atoms with Crippen LogP contribution in [0, 0.1) is 41.5 Å². The number of ether oxygens (including phenoxy) is 7. The van der Waals surface area contributed by atoms with Crippen molar-refractivity contribution in [3.63, 3.8) is 0 Å². The van der Waals surface area contributed by atoms with Crippen LogP contribution in [-0.4, -0.2) is 63.5 Å². The lowest BCUT2D eigenvalue weighted by atomic mass is 10.0. The lowest BCUT2D eigenvalue weighted by Gasteiger charge is -2.26. The van der Waals surface area contributed by atoms with Gasteiger partial charge in [0, 0.05) is 105 Å². The predicted octanol–water partition coefficient (Wildman–Crippen LogP) is 31.1. The standard InChI is InChI=1S/C33H33NO3.2C32H31NO3.C27H21NO2/c1-4-33(35)37-24-6-5-23-36-32-21-13-28(14-22-32)27-11-19-31(20-12-27)34(29-15-7-25(2)8-16-29)30-17-9-26(3)10-18-30;2*1-4-32(34)36-23-5-22-35-31-20-12-27(13-21-31)26-10-18-30(19-11-26)33(28-14-6-24(2)7-15-28)29-16-8-25(3)9-17-29;1-2-27(29)30-26-19-15-22(16-20-26)21-13-17-25(18-14-21)28(23-9-5-3-6-10-23)24-11-7-4-8-12-24/h4,7-22H,1,5-6,23-24H2,2-3H3;2*4,6-21H,1,5,22-23H2,2-3H3;2-20H,1H2. The molecule has 16 aromatic rings. The van der Waals surface area contributed by atoms with Gasteiger partial charge in [-0.2, -0.15) is 0 Å². The summed E-state index contributed by atoms with van der Waals surface area (Å²) in [5.74, 6) is 1.23. The first-order chi connectivity index (χ1) is 67.8. The normalized spacial score (nSPS) is 10.5. The molecule has 0 fully saturated rings. The quantitative estimate of drug-likeness (QED) is 0.0120. The zero-order valence-corrected chi connectivity index (χ0v) is 79.6. The van der Waals surface area contributed by atoms with Crippen LogP contribution in [0.15, 0.2) is 451 Å². The average molecular weight is 1840 g/mol. The minimum atomic E-state index is -0.464. The summed E-state index contributed by atoms with van der Waals surface area (Å²) in [7, 11) is 0. The number of carbonyl (C=O) groups excluding carboxylic acids is 4. The first kappa shape index (κ1) is 99.4. The highest BCUT2D eigenvalue weighted by atomic mass is 16.5. The molecule has 0 spiro atoms. The Morgan fingerprint density at radius 1 is 0.194 bits per heavy atom. The summed E-state index contributed by atoms with van der Waals surface area (Å²) in [5, 5.41) is 0. The van der Waals surface area contributed by atoms with E-state index in [0.717, 1.165) is 161 Å². The van der Waals surface area contributed by atoms with Gasteiger partial charge in [0.05, 0.1) is 39.6 Å². The molecule has 0 aliphatic rings. The highest BCUT2D eigenvalue weighted by Crippen LogP contribution is 2.42. The van der Waals surface area contributed by atoms with Crippen LogP contribution in [0.3, 0.4) is 0 Å². The summed E-state index contributed by atoms with van der Waals surface area (Å²) in [5.41, 5.74) is 29.7. The van der Waals surface area contributed by atoms with Crippen LogP contribution in [0.1, 0.15) is 59.1 Å². The Morgan fingerprint density at radius 2 is 0.360 bits per heavy atom. The van der Waals surface area contributed by atoms with Crippen molar-refractivity contribution in [1.82, 2.24) is 0 Å². The largest absolute Gasteiger partial charge is 0.494 e. The topological polar surface area (TPSA) is 146 Å². The second-order valence-corrected chi connectivity index (χ2v) is 33.0. The van der Waals surface area contributed by atoms with E-state index in [1.54, 1.807) is 12.1 Å². The Morgan fingerprint density at radius 3 is 0.568 bits per heavy atom. The van der Waals surface area contributed by atoms with Crippen molar-refractivity contribution in [2.24, 2.45) is 0 Å². The van der Waals surface area contributed by atoms with E-state index in [4.69, 9.17) is 33.2 Å². The van der Waals surface area contributed by atoms with E-state index in [9.17, 15) is 19.2 Å². The fourth-order valence-electron chi connectivity index (χ4n) is 15.0. The summed E-state index contributed by atoms with van der Waals surface area (Å²) in [6.07, 6.45) is 7.47. The van der Waals surface area contributed by atoms with Crippen LogP contribution in [0.4, 0.5) is 68.2 Å². The molecule has 0 saturated heterocycles. The molecule has 139 heavy (non-hydrogen) atoms. The van der Waals surface area contributed by atoms with Gasteiger partial charge in [-0.05, 0) is 293 Å². The number of benzene rings is 16. The minimum Gasteiger partial charge on any atom is -0.494 e. The van der Waals surface area contributed by atoms with E-state index in [1.165, 1.54) is 39.5 Å². The zero-order valence-electron chi connectivity index (χ0n) is 79.6. The van der Waals surface area contributed by atoms with Gasteiger partial charge >= 0.3 is 23.9 Å². The van der Waals surface area contributed by atoms with Gasteiger partial charge in [-0.15, -0.1) is 0 Å². The number of carbonyl (C=O) groups is 4. The Hall–Kier alpha value is -17.0. The number of esters is 4. The summed E-state index contributed by atoms with van der Waals surface area (Å²) in [6, 6.07) is 138. The summed E-state index contributed by atoms with van der Waals surface area (Å²) in [6.45, 7) is 28.7. The Balaban J connectivity index is 0.000000157. The van der Waals surface area contributed by atoms with Crippen molar-refractivity contribution in [1.29, 1.82) is 0 Å². The van der Waals surface area contributed by atoms with Crippen molar-refractivity contribution in [3.8, 4) is 67.5 Å². The van der Waals surface area contributed by atoms with Gasteiger partial charge < -0.3 is 52.8 Å². The number of hydrogen-bond donors (Lipinski definition) is 0. The molecule has 0 aliphatic carbocycles. The molecule has 0 bridgehead atoms. The Labute approximate surface area is 817 Å². The van der Waals surface area contributed by atoms with E-state index in [0.29, 0.717) is 58.2 Å². The van der Waals surface area contributed by atoms with Crippen molar-refractivity contribution in [3.05, 3.63) is 484 Å². The second-order valence-electron chi connectivity index (χ2n) is 33.0. The smallest absolute Gasteiger partial charge is 0.335 e. The van der Waals surface area contributed by atoms with Crippen molar-refractivity contribution in [2.75, 3.05) is 59.2 Å². The third-order valence-corrected chi connectivity index (χ3v) is 22.6. The van der Waals surface area contributed by atoms with Gasteiger partial charge in [-0.3, -0.25) is 0 Å². The SMILES string of the molecule is C=CC(=O)OCCCCOc1ccc(-c2ccc(N(c3ccc(C)cc3)c3ccc(C)cc3)cc2)cc1.C=CC(=O)OCCCOc1ccc(-c2ccc(N(c3ccc(C)cc3)c3ccc(C)cc3)cc2)cc1.C=CC(=O)OCCCOc1ccc(-c2ccc(N(c3ccc(C)cc3)c3ccc(C)cc3)cc2)cc1.C=CC(=O)Oc1ccc(-c2ccc(N(c3ccccc3)c3ccccc3)cc2)cc1. The van der Waals surface area contributed by atoms with E-state index in [2.05, 4.69) is 391 Å². The molecule has 0 aromatic heterocycles. The molecule has 16 rings (SSSR count). The Kier molecular flexibility index (Phi) is 36.8. The van der Waals surface area contributed by atoms with Crippen molar-refractivity contribution in [2.45, 2.75) is 67.2 Å². The third-order valence-electron chi connectivity index (χ3n) is 22.6. The summed E-state index contributed by atoms with van der Waals surface area (Å²) >= 11 is 0. The molecule has 0 aliphatic heterocycles. The lowest BCUT2D eigenvalue weighted by Crippen LogP contribution is -2.09. The van der Waals surface area contributed by atoms with Gasteiger partial charge in [0.15, 0.2) is 0 Å². The maximum Gasteiger partial charge on any atom is 0.335 e. The van der Waals surface area contributed by atoms with Crippen LogP contribution in [0.2, 0.25) is 0 Å². The number of anilines is 12. The van der Waals surface area contributed by atoms with Crippen LogP contribution in [0.5, 0.6) is 23.0 Å². The average Bonchev–Trinajstić information content (AvgIpc) is 0.736. The van der Waals surface area contributed by atoms with Crippen LogP contribution in [0.25, 0.3) is 44.5 Å². The number of aryl methyl sites for hydroxylation is 6. The first-order valence-electron chi connectivity index (χ1n) is 46.5. The molecular weight excluding hydrogens is 1720 g/mol. The molecule has 0 atom stereocenters. The molecular formula is C124H116N4O11. The molecule has 0 saturated carbocycles. The van der Waals surface area contributed by atoms with Gasteiger partial charge in [-0.25, -0.2) is 19.2 Å². The van der Waals surface area contributed by atoms with Crippen LogP contribution in [-0.2, 0) is 33.4 Å². The molecule has 0 radical (unpaired) electrons. The van der Waals surface area contributed by atoms with Crippen molar-refractivity contribution < 1.29 is 52.3 Å². The molecule has 0 unspecified atom stereocenters. The van der Waals surface area contributed by atoms with Gasteiger partial charge in [0.2, 0.25) is 0 Å². The molecule has 0 N–H and O–H groups in total. The van der Waals surface area contributed by atoms with Gasteiger partial charge in [0.25, 0.3) is 0 Å². The molecule has 698 valence electrons. The molecule has 0 heterocycles. The molecule has 15 heteroatoms. The number of unbranched alkanes of at least 4 members (excludes halogenated alkanes) is 1. The Bertz CT molecular complexity index is 6210. The lowest BCUT2D eigenvalue weighted by molar-refractivity contribution is -0.138. The maximum atomic E-state index is 11.3. The van der Waals surface area contributed by atoms with Crippen LogP contribution >= 0.6 is 0 Å². The molecule has 16 aromatic carbocycles. The zero-order chi connectivity index (χ0) is 97.5. The van der Waals surface area contributed by atoms with Gasteiger partial charge in [0.1, 0.15) is 23.0 Å². The monoisotopic (exact) mass is 1840 g/mol. The minimum absolute atomic E-state index is 0.317. The highest BCUT2D eigenvalue weighted by molar-refractivity contribution is 5.86. The fourth-order valence-corrected chi connectivity index (χ4v) is 15.0. The first-order valence-corrected chi connectivity index (χ1v) is 46.5. The fraction of sp³-hybridized carbons (Fsp3) is 0.129. The highest BCUT2D eigenvalue weighted by Gasteiger charge is 2.19. The van der Waals surface area contributed by atoms with E-state index >= 15 is 0 Å². The number of para-hydroxylation sites is 2. The van der Waals surface area contributed by atoms with Gasteiger partial charge in [-0.1, -0.05) is 266 Å². The van der Waals surface area contributed by atoms with Crippen LogP contribution < -0.4 is 38.5 Å². The number of rotatable bonds is 37. The predicted molar refractivity (Wildman–Crippen MR) is 569 cm³/mol. The number of hydrogen-bond acceptors (Lipinski definition) is 15.